The fourth-order valence-electron chi connectivity index (χ4n) is 1.50. The molecule has 0 aromatic heterocycles. The monoisotopic (exact) mass is 227 g/mol. The molecule has 0 fully saturated rings. The second-order valence-corrected chi connectivity index (χ2v) is 3.61. The van der Waals surface area contributed by atoms with E-state index in [1.54, 1.807) is 19.2 Å². The highest BCUT2D eigenvalue weighted by molar-refractivity contribution is 5.33. The van der Waals surface area contributed by atoms with E-state index in [1.165, 1.54) is 6.07 Å². The van der Waals surface area contributed by atoms with Gasteiger partial charge >= 0.3 is 0 Å². The van der Waals surface area contributed by atoms with E-state index in [9.17, 15) is 9.50 Å². The maximum atomic E-state index is 13.1. The largest absolute Gasteiger partial charge is 0.505 e. The Morgan fingerprint density at radius 1 is 1.44 bits per heavy atom. The van der Waals surface area contributed by atoms with Gasteiger partial charge in [0.25, 0.3) is 0 Å². The van der Waals surface area contributed by atoms with Crippen LogP contribution in [0.2, 0.25) is 0 Å². The van der Waals surface area contributed by atoms with Gasteiger partial charge in [-0.1, -0.05) is 19.1 Å². The number of rotatable bonds is 6. The third-order valence-corrected chi connectivity index (χ3v) is 2.52. The van der Waals surface area contributed by atoms with Crippen molar-refractivity contribution in [3.8, 4) is 5.75 Å². The lowest BCUT2D eigenvalue weighted by Crippen LogP contribution is -2.26. The molecule has 0 bridgehead atoms. The van der Waals surface area contributed by atoms with E-state index in [1.807, 2.05) is 6.92 Å². The van der Waals surface area contributed by atoms with Crippen LogP contribution in [0.25, 0.3) is 0 Å². The average Bonchev–Trinajstić information content (AvgIpc) is 2.30. The van der Waals surface area contributed by atoms with Crippen LogP contribution >= 0.6 is 0 Å². The number of phenolic OH excluding ortho intramolecular Hbond substituents is 1. The Bertz CT molecular complexity index is 331. The van der Waals surface area contributed by atoms with E-state index in [2.05, 4.69) is 4.90 Å². The Kier molecular flexibility index (Phi) is 5.22. The van der Waals surface area contributed by atoms with Gasteiger partial charge in [-0.2, -0.15) is 0 Å². The lowest BCUT2D eigenvalue weighted by atomic mass is 10.2. The van der Waals surface area contributed by atoms with Crippen LogP contribution in [-0.2, 0) is 11.3 Å². The molecule has 1 rings (SSSR count). The van der Waals surface area contributed by atoms with Gasteiger partial charge in [0.2, 0.25) is 0 Å². The fraction of sp³-hybridized carbons (Fsp3) is 0.500. The number of methoxy groups -OCH3 is 1. The molecule has 4 heteroatoms. The number of para-hydroxylation sites is 1. The molecule has 16 heavy (non-hydrogen) atoms. The zero-order valence-electron chi connectivity index (χ0n) is 9.74. The second-order valence-electron chi connectivity index (χ2n) is 3.61. The van der Waals surface area contributed by atoms with Crippen molar-refractivity contribution in [2.24, 2.45) is 0 Å². The predicted octanol–water partition coefficient (Wildman–Crippen LogP) is 2.00. The SMILES string of the molecule is CCN(CCOC)Cc1cccc(F)c1O. The van der Waals surface area contributed by atoms with Crippen molar-refractivity contribution in [1.82, 2.24) is 4.90 Å². The molecule has 1 aromatic carbocycles. The molecule has 0 amide bonds. The molecule has 1 N–H and O–H groups in total. The van der Waals surface area contributed by atoms with E-state index < -0.39 is 5.82 Å². The van der Waals surface area contributed by atoms with E-state index in [0.29, 0.717) is 18.7 Å². The van der Waals surface area contributed by atoms with Crippen LogP contribution in [0.1, 0.15) is 12.5 Å². The molecule has 0 unspecified atom stereocenters. The molecule has 0 atom stereocenters. The van der Waals surface area contributed by atoms with E-state index in [4.69, 9.17) is 4.74 Å². The highest BCUT2D eigenvalue weighted by Crippen LogP contribution is 2.21. The van der Waals surface area contributed by atoms with Gasteiger partial charge in [0, 0.05) is 25.8 Å². The Morgan fingerprint density at radius 3 is 2.81 bits per heavy atom. The van der Waals surface area contributed by atoms with Crippen LogP contribution in [-0.4, -0.2) is 36.8 Å². The van der Waals surface area contributed by atoms with Gasteiger partial charge in [-0.05, 0) is 12.6 Å². The van der Waals surface area contributed by atoms with Gasteiger partial charge < -0.3 is 9.84 Å². The van der Waals surface area contributed by atoms with Crippen molar-refractivity contribution >= 4 is 0 Å². The number of hydrogen-bond donors (Lipinski definition) is 1. The van der Waals surface area contributed by atoms with Gasteiger partial charge in [-0.3, -0.25) is 4.90 Å². The summed E-state index contributed by atoms with van der Waals surface area (Å²) in [4.78, 5) is 2.08. The number of aromatic hydroxyl groups is 1. The summed E-state index contributed by atoms with van der Waals surface area (Å²) in [7, 11) is 1.65. The third-order valence-electron chi connectivity index (χ3n) is 2.52. The molecule has 90 valence electrons. The number of benzene rings is 1. The van der Waals surface area contributed by atoms with Crippen molar-refractivity contribution in [3.63, 3.8) is 0 Å². The van der Waals surface area contributed by atoms with E-state index in [0.717, 1.165) is 13.1 Å². The number of halogens is 1. The zero-order valence-corrected chi connectivity index (χ0v) is 9.74. The first-order valence-corrected chi connectivity index (χ1v) is 5.36. The first-order valence-electron chi connectivity index (χ1n) is 5.36. The summed E-state index contributed by atoms with van der Waals surface area (Å²) in [6, 6.07) is 4.59. The summed E-state index contributed by atoms with van der Waals surface area (Å²) in [6.45, 7) is 4.78. The summed E-state index contributed by atoms with van der Waals surface area (Å²) in [6.07, 6.45) is 0. The van der Waals surface area contributed by atoms with Gasteiger partial charge in [-0.25, -0.2) is 4.39 Å². The normalized spacial score (nSPS) is 11.0. The highest BCUT2D eigenvalue weighted by atomic mass is 19.1. The summed E-state index contributed by atoms with van der Waals surface area (Å²) in [5.74, 6) is -0.821. The maximum Gasteiger partial charge on any atom is 0.165 e. The van der Waals surface area contributed by atoms with Crippen LogP contribution < -0.4 is 0 Å². The number of hydrogen-bond acceptors (Lipinski definition) is 3. The standard InChI is InChI=1S/C12H18FNO2/c1-3-14(7-8-16-2)9-10-5-4-6-11(13)12(10)15/h4-6,15H,3,7-9H2,1-2H3. The smallest absolute Gasteiger partial charge is 0.165 e. The molecule has 3 nitrogen and oxygen atoms in total. The number of phenols is 1. The number of likely N-dealkylation sites (N-methyl/N-ethyl adjacent to an activating group) is 1. The van der Waals surface area contributed by atoms with E-state index in [-0.39, 0.29) is 5.75 Å². The minimum atomic E-state index is -0.569. The lowest BCUT2D eigenvalue weighted by molar-refractivity contribution is 0.147. The molecule has 0 spiro atoms. The Hall–Kier alpha value is -1.13. The van der Waals surface area contributed by atoms with Crippen LogP contribution in [0.5, 0.6) is 5.75 Å². The molecule has 0 saturated carbocycles. The summed E-state index contributed by atoms with van der Waals surface area (Å²) in [5.41, 5.74) is 0.609. The summed E-state index contributed by atoms with van der Waals surface area (Å²) < 4.78 is 18.1. The summed E-state index contributed by atoms with van der Waals surface area (Å²) in [5, 5.41) is 9.53. The quantitative estimate of drug-likeness (QED) is 0.806. The zero-order chi connectivity index (χ0) is 12.0. The highest BCUT2D eigenvalue weighted by Gasteiger charge is 2.10. The fourth-order valence-corrected chi connectivity index (χ4v) is 1.50. The first-order chi connectivity index (χ1) is 7.69. The van der Waals surface area contributed by atoms with Crippen molar-refractivity contribution < 1.29 is 14.2 Å². The number of ether oxygens (including phenoxy) is 1. The van der Waals surface area contributed by atoms with Gasteiger partial charge in [0.05, 0.1) is 6.61 Å². The molecule has 0 heterocycles. The van der Waals surface area contributed by atoms with Crippen LogP contribution in [0, 0.1) is 5.82 Å². The van der Waals surface area contributed by atoms with E-state index >= 15 is 0 Å². The summed E-state index contributed by atoms with van der Waals surface area (Å²) >= 11 is 0. The third kappa shape index (κ3) is 3.47. The minimum Gasteiger partial charge on any atom is -0.505 e. The van der Waals surface area contributed by atoms with Gasteiger partial charge in [0.1, 0.15) is 0 Å². The molecule has 0 aliphatic carbocycles. The van der Waals surface area contributed by atoms with Crippen molar-refractivity contribution in [2.45, 2.75) is 13.5 Å². The van der Waals surface area contributed by atoms with Crippen LogP contribution in [0.15, 0.2) is 18.2 Å². The maximum absolute atomic E-state index is 13.1. The number of nitrogens with zero attached hydrogens (tertiary/aromatic N) is 1. The molecule has 0 aliphatic rings. The van der Waals surface area contributed by atoms with Crippen LogP contribution in [0.4, 0.5) is 4.39 Å². The van der Waals surface area contributed by atoms with Gasteiger partial charge in [-0.15, -0.1) is 0 Å². The molecular weight excluding hydrogens is 209 g/mol. The van der Waals surface area contributed by atoms with Gasteiger partial charge in [0.15, 0.2) is 11.6 Å². The molecule has 0 radical (unpaired) electrons. The lowest BCUT2D eigenvalue weighted by Gasteiger charge is -2.20. The van der Waals surface area contributed by atoms with Crippen LogP contribution in [0.3, 0.4) is 0 Å². The molecule has 0 saturated heterocycles. The van der Waals surface area contributed by atoms with Crippen molar-refractivity contribution in [2.75, 3.05) is 26.8 Å². The minimum absolute atomic E-state index is 0.252. The Morgan fingerprint density at radius 2 is 2.19 bits per heavy atom. The molecule has 0 aliphatic heterocycles. The average molecular weight is 227 g/mol. The molecule has 1 aromatic rings. The second kappa shape index (κ2) is 6.45. The molecular formula is C12H18FNO2. The van der Waals surface area contributed by atoms with Crippen molar-refractivity contribution in [3.05, 3.63) is 29.6 Å². The Balaban J connectivity index is 2.66. The predicted molar refractivity (Wildman–Crippen MR) is 60.9 cm³/mol. The Labute approximate surface area is 95.5 Å². The first kappa shape index (κ1) is 12.9. The topological polar surface area (TPSA) is 32.7 Å². The van der Waals surface area contributed by atoms with Crippen molar-refractivity contribution in [1.29, 1.82) is 0 Å².